The predicted molar refractivity (Wildman–Crippen MR) is 87.1 cm³/mol. The van der Waals surface area contributed by atoms with Crippen LogP contribution in [-0.4, -0.2) is 41.2 Å². The van der Waals surface area contributed by atoms with E-state index in [0.29, 0.717) is 36.1 Å². The van der Waals surface area contributed by atoms with Crippen molar-refractivity contribution in [1.82, 2.24) is 4.98 Å². The van der Waals surface area contributed by atoms with Gasteiger partial charge in [-0.15, -0.1) is 0 Å². The van der Waals surface area contributed by atoms with Gasteiger partial charge < -0.3 is 26.5 Å². The SMILES string of the molecule is Cc1[nH]c2c(C(N)=O)cc(F)c(N3C[C@@H](N)C[C@@H](O)C3)c2c1C. The summed E-state index contributed by atoms with van der Waals surface area (Å²) in [5.41, 5.74) is 14.1. The molecule has 1 aliphatic rings. The van der Waals surface area contributed by atoms with Crippen molar-refractivity contribution in [3.63, 3.8) is 0 Å². The summed E-state index contributed by atoms with van der Waals surface area (Å²) in [5, 5.41) is 10.6. The quantitative estimate of drug-likeness (QED) is 0.660. The molecule has 1 aromatic carbocycles. The predicted octanol–water partition coefficient (Wildman–Crippen LogP) is 0.921. The molecule has 1 saturated heterocycles. The average Bonchev–Trinajstić information content (AvgIpc) is 2.73. The highest BCUT2D eigenvalue weighted by molar-refractivity contribution is 6.10. The van der Waals surface area contributed by atoms with E-state index in [4.69, 9.17) is 11.5 Å². The van der Waals surface area contributed by atoms with Crippen LogP contribution in [0.25, 0.3) is 10.9 Å². The normalized spacial score (nSPS) is 21.9. The molecule has 3 rings (SSSR count). The summed E-state index contributed by atoms with van der Waals surface area (Å²) in [5.74, 6) is -1.22. The fourth-order valence-corrected chi connectivity index (χ4v) is 3.40. The molecule has 23 heavy (non-hydrogen) atoms. The summed E-state index contributed by atoms with van der Waals surface area (Å²) in [6.45, 7) is 4.47. The second kappa shape index (κ2) is 5.50. The molecular weight excluding hydrogens is 299 g/mol. The first-order valence-electron chi connectivity index (χ1n) is 7.59. The number of primary amides is 1. The van der Waals surface area contributed by atoms with Crippen molar-refractivity contribution in [3.05, 3.63) is 28.7 Å². The third kappa shape index (κ3) is 2.55. The van der Waals surface area contributed by atoms with Crippen LogP contribution in [0.4, 0.5) is 10.1 Å². The van der Waals surface area contributed by atoms with Crippen LogP contribution in [0, 0.1) is 19.7 Å². The number of aryl methyl sites for hydroxylation is 2. The molecule has 0 spiro atoms. The van der Waals surface area contributed by atoms with E-state index in [-0.39, 0.29) is 11.6 Å². The number of aliphatic hydroxyl groups is 1. The van der Waals surface area contributed by atoms with Crippen LogP contribution in [0.3, 0.4) is 0 Å². The third-order valence-electron chi connectivity index (χ3n) is 4.55. The van der Waals surface area contributed by atoms with Gasteiger partial charge in [0.25, 0.3) is 5.91 Å². The van der Waals surface area contributed by atoms with Gasteiger partial charge in [0.05, 0.1) is 22.9 Å². The number of piperidine rings is 1. The number of aromatic nitrogens is 1. The number of hydrogen-bond donors (Lipinski definition) is 4. The second-order valence-electron chi connectivity index (χ2n) is 6.30. The van der Waals surface area contributed by atoms with Crippen molar-refractivity contribution in [2.24, 2.45) is 11.5 Å². The molecule has 1 amide bonds. The van der Waals surface area contributed by atoms with Crippen LogP contribution in [0.15, 0.2) is 6.07 Å². The maximum Gasteiger partial charge on any atom is 0.250 e. The molecule has 6 nitrogen and oxygen atoms in total. The summed E-state index contributed by atoms with van der Waals surface area (Å²) >= 11 is 0. The number of nitrogens with two attached hydrogens (primary N) is 2. The zero-order chi connectivity index (χ0) is 16.9. The van der Waals surface area contributed by atoms with Gasteiger partial charge >= 0.3 is 0 Å². The fraction of sp³-hybridized carbons (Fsp3) is 0.438. The Morgan fingerprint density at radius 1 is 1.43 bits per heavy atom. The number of fused-ring (bicyclic) bond motifs is 1. The minimum atomic E-state index is -0.683. The molecule has 0 aliphatic carbocycles. The lowest BCUT2D eigenvalue weighted by molar-refractivity contribution is 0.100. The first-order chi connectivity index (χ1) is 10.8. The maximum atomic E-state index is 14.8. The van der Waals surface area contributed by atoms with E-state index >= 15 is 0 Å². The highest BCUT2D eigenvalue weighted by Crippen LogP contribution is 2.37. The summed E-state index contributed by atoms with van der Waals surface area (Å²) in [6, 6.07) is 0.923. The molecule has 2 atom stereocenters. The van der Waals surface area contributed by atoms with Crippen molar-refractivity contribution >= 4 is 22.5 Å². The van der Waals surface area contributed by atoms with Gasteiger partial charge in [-0.2, -0.15) is 0 Å². The first kappa shape index (κ1) is 15.8. The average molecular weight is 320 g/mol. The van der Waals surface area contributed by atoms with Crippen LogP contribution in [-0.2, 0) is 0 Å². The van der Waals surface area contributed by atoms with Crippen molar-refractivity contribution in [1.29, 1.82) is 0 Å². The van der Waals surface area contributed by atoms with Crippen LogP contribution in [0.5, 0.6) is 0 Å². The lowest BCUT2D eigenvalue weighted by atomic mass is 9.99. The van der Waals surface area contributed by atoms with Crippen LogP contribution >= 0.6 is 0 Å². The minimum absolute atomic E-state index is 0.124. The Morgan fingerprint density at radius 2 is 2.13 bits per heavy atom. The molecule has 0 radical (unpaired) electrons. The van der Waals surface area contributed by atoms with E-state index in [1.807, 2.05) is 13.8 Å². The number of carbonyl (C=O) groups is 1. The van der Waals surface area contributed by atoms with E-state index in [9.17, 15) is 14.3 Å². The highest BCUT2D eigenvalue weighted by atomic mass is 19.1. The number of nitrogens with zero attached hydrogens (tertiary/aromatic N) is 1. The van der Waals surface area contributed by atoms with Gasteiger partial charge in [0.15, 0.2) is 0 Å². The van der Waals surface area contributed by atoms with E-state index in [2.05, 4.69) is 4.98 Å². The maximum absolute atomic E-state index is 14.8. The molecule has 1 fully saturated rings. The van der Waals surface area contributed by atoms with E-state index in [1.54, 1.807) is 4.90 Å². The summed E-state index contributed by atoms with van der Waals surface area (Å²) in [4.78, 5) is 16.5. The molecule has 0 unspecified atom stereocenters. The molecule has 124 valence electrons. The molecule has 6 N–H and O–H groups in total. The number of carbonyl (C=O) groups excluding carboxylic acids is 1. The van der Waals surface area contributed by atoms with Gasteiger partial charge in [0.1, 0.15) is 5.82 Å². The molecule has 0 bridgehead atoms. The number of benzene rings is 1. The van der Waals surface area contributed by atoms with Crippen molar-refractivity contribution < 1.29 is 14.3 Å². The van der Waals surface area contributed by atoms with Gasteiger partial charge in [0, 0.05) is 30.2 Å². The van der Waals surface area contributed by atoms with E-state index in [0.717, 1.165) is 17.3 Å². The topological polar surface area (TPSA) is 108 Å². The monoisotopic (exact) mass is 320 g/mol. The Kier molecular flexibility index (Phi) is 3.77. The summed E-state index contributed by atoms with van der Waals surface area (Å²) in [6.07, 6.45) is -0.115. The number of hydrogen-bond acceptors (Lipinski definition) is 4. The van der Waals surface area contributed by atoms with Gasteiger partial charge in [-0.25, -0.2) is 4.39 Å². The Balaban J connectivity index is 2.26. The second-order valence-corrected chi connectivity index (χ2v) is 6.30. The molecule has 7 heteroatoms. The molecule has 0 saturated carbocycles. The summed E-state index contributed by atoms with van der Waals surface area (Å²) in [7, 11) is 0. The van der Waals surface area contributed by atoms with Crippen LogP contribution in [0.1, 0.15) is 28.0 Å². The largest absolute Gasteiger partial charge is 0.391 e. The number of β-amino-alcohol motifs (C(OH)–C–C–N with tert-alkyl or cyclic N) is 1. The van der Waals surface area contributed by atoms with Crippen LogP contribution < -0.4 is 16.4 Å². The lowest BCUT2D eigenvalue weighted by Crippen LogP contribution is -2.49. The van der Waals surface area contributed by atoms with Gasteiger partial charge in [-0.3, -0.25) is 4.79 Å². The highest BCUT2D eigenvalue weighted by Gasteiger charge is 2.29. The smallest absolute Gasteiger partial charge is 0.250 e. The fourth-order valence-electron chi connectivity index (χ4n) is 3.40. The lowest BCUT2D eigenvalue weighted by Gasteiger charge is -2.36. The summed E-state index contributed by atoms with van der Waals surface area (Å²) < 4.78 is 14.8. The van der Waals surface area contributed by atoms with Crippen molar-refractivity contribution in [2.45, 2.75) is 32.4 Å². The van der Waals surface area contributed by atoms with E-state index in [1.165, 1.54) is 0 Å². The van der Waals surface area contributed by atoms with Crippen molar-refractivity contribution in [2.75, 3.05) is 18.0 Å². The number of rotatable bonds is 2. The number of aromatic amines is 1. The molecule has 2 aromatic rings. The number of amides is 1. The zero-order valence-corrected chi connectivity index (χ0v) is 13.2. The molecule has 2 heterocycles. The molecule has 1 aromatic heterocycles. The number of aliphatic hydroxyl groups excluding tert-OH is 1. The van der Waals surface area contributed by atoms with E-state index < -0.39 is 17.8 Å². The first-order valence-corrected chi connectivity index (χ1v) is 7.59. The van der Waals surface area contributed by atoms with Crippen molar-refractivity contribution in [3.8, 4) is 0 Å². The van der Waals surface area contributed by atoms with Gasteiger partial charge in [-0.05, 0) is 31.9 Å². The Bertz CT molecular complexity index is 776. The van der Waals surface area contributed by atoms with Crippen LogP contribution in [0.2, 0.25) is 0 Å². The third-order valence-corrected chi connectivity index (χ3v) is 4.55. The Hall–Kier alpha value is -2.12. The number of halogens is 1. The zero-order valence-electron chi connectivity index (χ0n) is 13.2. The van der Waals surface area contributed by atoms with Gasteiger partial charge in [-0.1, -0.05) is 0 Å². The standard InChI is InChI=1S/C16H21FN4O2/c1-7-8(2)20-14-11(16(19)23)4-12(17)15(13(7)14)21-5-9(18)3-10(22)6-21/h4,9-10,20,22H,3,5-6,18H2,1-2H3,(H2,19,23)/t9-,10+/m0/s1. The van der Waals surface area contributed by atoms with Gasteiger partial charge in [0.2, 0.25) is 0 Å². The minimum Gasteiger partial charge on any atom is -0.391 e. The number of nitrogens with one attached hydrogen (secondary N) is 1. The Morgan fingerprint density at radius 3 is 2.74 bits per heavy atom. The molecular formula is C16H21FN4O2. The number of anilines is 1. The Labute approximate surface area is 133 Å². The molecule has 1 aliphatic heterocycles. The number of H-pyrrole nitrogens is 1.